The molecule has 0 spiro atoms. The van der Waals surface area contributed by atoms with Crippen LogP contribution in [0.2, 0.25) is 0 Å². The van der Waals surface area contributed by atoms with Gasteiger partial charge in [-0.1, -0.05) is 18.2 Å². The first-order valence-corrected chi connectivity index (χ1v) is 8.32. The zero-order valence-electron chi connectivity index (χ0n) is 14.7. The first kappa shape index (κ1) is 16.8. The molecule has 1 heterocycles. The van der Waals surface area contributed by atoms with Crippen LogP contribution in [-0.4, -0.2) is 16.6 Å². The summed E-state index contributed by atoms with van der Waals surface area (Å²) in [5, 5.41) is 6.66. The Hall–Kier alpha value is -3.08. The molecule has 3 aromatic rings. The Kier molecular flexibility index (Phi) is 5.14. The van der Waals surface area contributed by atoms with Gasteiger partial charge in [0, 0.05) is 17.4 Å². The van der Waals surface area contributed by atoms with E-state index in [0.717, 1.165) is 28.8 Å². The van der Waals surface area contributed by atoms with Gasteiger partial charge in [-0.15, -0.1) is 0 Å². The zero-order chi connectivity index (χ0) is 17.6. The molecule has 25 heavy (non-hydrogen) atoms. The van der Waals surface area contributed by atoms with E-state index in [0.29, 0.717) is 12.4 Å². The SMILES string of the molecule is CCOc1ccc(Nc2cc(Nc3ccccc3C)nc(C)n2)cc1. The molecule has 0 unspecified atom stereocenters. The van der Waals surface area contributed by atoms with Crippen LogP contribution in [0.25, 0.3) is 0 Å². The van der Waals surface area contributed by atoms with E-state index in [4.69, 9.17) is 4.74 Å². The summed E-state index contributed by atoms with van der Waals surface area (Å²) in [7, 11) is 0. The molecule has 0 saturated carbocycles. The predicted octanol–water partition coefficient (Wildman–Crippen LogP) is 4.98. The quantitative estimate of drug-likeness (QED) is 0.666. The molecule has 0 saturated heterocycles. The fraction of sp³-hybridized carbons (Fsp3) is 0.200. The topological polar surface area (TPSA) is 59.1 Å². The lowest BCUT2D eigenvalue weighted by Crippen LogP contribution is -2.02. The van der Waals surface area contributed by atoms with Crippen molar-refractivity contribution >= 4 is 23.0 Å². The normalized spacial score (nSPS) is 10.4. The smallest absolute Gasteiger partial charge is 0.136 e. The number of aromatic nitrogens is 2. The standard InChI is InChI=1S/C20H22N4O/c1-4-25-17-11-9-16(10-12-17)23-19-13-20(22-15(3)21-19)24-18-8-6-5-7-14(18)2/h5-13H,4H2,1-3H3,(H2,21,22,23,24). The molecule has 1 aromatic heterocycles. The average Bonchev–Trinajstić information content (AvgIpc) is 2.58. The Morgan fingerprint density at radius 2 is 1.56 bits per heavy atom. The number of rotatable bonds is 6. The van der Waals surface area contributed by atoms with E-state index in [-0.39, 0.29) is 0 Å². The third-order valence-corrected chi connectivity index (χ3v) is 3.68. The van der Waals surface area contributed by atoms with E-state index in [1.807, 2.05) is 62.4 Å². The lowest BCUT2D eigenvalue weighted by Gasteiger charge is -2.12. The number of nitrogens with one attached hydrogen (secondary N) is 2. The maximum Gasteiger partial charge on any atom is 0.136 e. The zero-order valence-corrected chi connectivity index (χ0v) is 14.7. The van der Waals surface area contributed by atoms with Crippen LogP contribution in [-0.2, 0) is 0 Å². The second-order valence-corrected chi connectivity index (χ2v) is 5.71. The van der Waals surface area contributed by atoms with Crippen molar-refractivity contribution in [3.63, 3.8) is 0 Å². The molecule has 3 rings (SSSR count). The van der Waals surface area contributed by atoms with Crippen LogP contribution in [0.5, 0.6) is 5.75 Å². The summed E-state index contributed by atoms with van der Waals surface area (Å²) in [6.07, 6.45) is 0. The van der Waals surface area contributed by atoms with Gasteiger partial charge in [0.1, 0.15) is 23.2 Å². The lowest BCUT2D eigenvalue weighted by molar-refractivity contribution is 0.340. The van der Waals surface area contributed by atoms with E-state index in [1.165, 1.54) is 5.56 Å². The van der Waals surface area contributed by atoms with Gasteiger partial charge in [0.2, 0.25) is 0 Å². The van der Waals surface area contributed by atoms with Crippen molar-refractivity contribution in [2.75, 3.05) is 17.2 Å². The van der Waals surface area contributed by atoms with Crippen molar-refractivity contribution in [3.8, 4) is 5.75 Å². The first-order valence-electron chi connectivity index (χ1n) is 8.32. The highest BCUT2D eigenvalue weighted by molar-refractivity contribution is 5.65. The molecule has 2 aromatic carbocycles. The molecule has 128 valence electrons. The van der Waals surface area contributed by atoms with Crippen LogP contribution in [0.15, 0.2) is 54.6 Å². The van der Waals surface area contributed by atoms with E-state index in [1.54, 1.807) is 0 Å². The van der Waals surface area contributed by atoms with Gasteiger partial charge in [0.05, 0.1) is 6.61 Å². The molecule has 0 aliphatic rings. The van der Waals surface area contributed by atoms with Crippen LogP contribution in [0.4, 0.5) is 23.0 Å². The molecule has 5 heteroatoms. The minimum absolute atomic E-state index is 0.659. The molecule has 5 nitrogen and oxygen atoms in total. The first-order chi connectivity index (χ1) is 12.1. The minimum atomic E-state index is 0.659. The summed E-state index contributed by atoms with van der Waals surface area (Å²) in [6.45, 7) is 6.58. The molecule has 0 amide bonds. The van der Waals surface area contributed by atoms with Crippen LogP contribution < -0.4 is 15.4 Å². The monoisotopic (exact) mass is 334 g/mol. The van der Waals surface area contributed by atoms with Gasteiger partial charge >= 0.3 is 0 Å². The fourth-order valence-corrected chi connectivity index (χ4v) is 2.50. The van der Waals surface area contributed by atoms with Crippen molar-refractivity contribution in [2.45, 2.75) is 20.8 Å². The highest BCUT2D eigenvalue weighted by Crippen LogP contribution is 2.23. The second-order valence-electron chi connectivity index (χ2n) is 5.71. The summed E-state index contributed by atoms with van der Waals surface area (Å²) in [5.74, 6) is 3.06. The van der Waals surface area contributed by atoms with E-state index in [9.17, 15) is 0 Å². The van der Waals surface area contributed by atoms with Gasteiger partial charge in [-0.25, -0.2) is 9.97 Å². The maximum absolute atomic E-state index is 5.46. The summed E-state index contributed by atoms with van der Waals surface area (Å²) in [4.78, 5) is 8.93. The lowest BCUT2D eigenvalue weighted by atomic mass is 10.2. The molecule has 2 N–H and O–H groups in total. The van der Waals surface area contributed by atoms with Gasteiger partial charge in [0.15, 0.2) is 0 Å². The number of aryl methyl sites for hydroxylation is 2. The molecular formula is C20H22N4O. The molecule has 0 aliphatic carbocycles. The Morgan fingerprint density at radius 3 is 2.24 bits per heavy atom. The van der Waals surface area contributed by atoms with Gasteiger partial charge in [-0.3, -0.25) is 0 Å². The van der Waals surface area contributed by atoms with Crippen LogP contribution in [0, 0.1) is 13.8 Å². The molecule has 0 fully saturated rings. The van der Waals surface area contributed by atoms with E-state index in [2.05, 4.69) is 33.6 Å². The van der Waals surface area contributed by atoms with Crippen LogP contribution in [0.1, 0.15) is 18.3 Å². The minimum Gasteiger partial charge on any atom is -0.494 e. The Balaban J connectivity index is 1.78. The number of para-hydroxylation sites is 1. The number of hydrogen-bond acceptors (Lipinski definition) is 5. The molecule has 0 aliphatic heterocycles. The predicted molar refractivity (Wildman–Crippen MR) is 102 cm³/mol. The molecule has 0 atom stereocenters. The van der Waals surface area contributed by atoms with Gasteiger partial charge in [0.25, 0.3) is 0 Å². The number of ether oxygens (including phenoxy) is 1. The van der Waals surface area contributed by atoms with Gasteiger partial charge in [-0.2, -0.15) is 0 Å². The summed E-state index contributed by atoms with van der Waals surface area (Å²) >= 11 is 0. The third kappa shape index (κ3) is 4.47. The number of nitrogens with zero attached hydrogens (tertiary/aromatic N) is 2. The van der Waals surface area contributed by atoms with Crippen molar-refractivity contribution in [1.29, 1.82) is 0 Å². The molecule has 0 radical (unpaired) electrons. The fourth-order valence-electron chi connectivity index (χ4n) is 2.50. The molecule has 0 bridgehead atoms. The van der Waals surface area contributed by atoms with Crippen molar-refractivity contribution in [1.82, 2.24) is 9.97 Å². The largest absolute Gasteiger partial charge is 0.494 e. The third-order valence-electron chi connectivity index (χ3n) is 3.68. The Morgan fingerprint density at radius 1 is 0.880 bits per heavy atom. The Labute approximate surface area is 148 Å². The summed E-state index contributed by atoms with van der Waals surface area (Å²) in [5.41, 5.74) is 3.15. The average molecular weight is 334 g/mol. The number of hydrogen-bond donors (Lipinski definition) is 2. The highest BCUT2D eigenvalue weighted by atomic mass is 16.5. The van der Waals surface area contributed by atoms with Gasteiger partial charge in [-0.05, 0) is 56.7 Å². The second kappa shape index (κ2) is 7.66. The van der Waals surface area contributed by atoms with Crippen LogP contribution >= 0.6 is 0 Å². The molecular weight excluding hydrogens is 312 g/mol. The van der Waals surface area contributed by atoms with E-state index < -0.39 is 0 Å². The maximum atomic E-state index is 5.46. The van der Waals surface area contributed by atoms with Crippen molar-refractivity contribution in [2.24, 2.45) is 0 Å². The van der Waals surface area contributed by atoms with Crippen molar-refractivity contribution < 1.29 is 4.74 Å². The summed E-state index contributed by atoms with van der Waals surface area (Å²) in [6, 6.07) is 17.8. The van der Waals surface area contributed by atoms with Gasteiger partial charge < -0.3 is 15.4 Å². The highest BCUT2D eigenvalue weighted by Gasteiger charge is 2.05. The number of benzene rings is 2. The van der Waals surface area contributed by atoms with Crippen LogP contribution in [0.3, 0.4) is 0 Å². The van der Waals surface area contributed by atoms with E-state index >= 15 is 0 Å². The number of anilines is 4. The Bertz CT molecular complexity index is 847. The summed E-state index contributed by atoms with van der Waals surface area (Å²) < 4.78 is 5.46. The van der Waals surface area contributed by atoms with Crippen molar-refractivity contribution in [3.05, 3.63) is 66.0 Å².